The summed E-state index contributed by atoms with van der Waals surface area (Å²) >= 11 is 0. The number of benzene rings is 2. The Morgan fingerprint density at radius 3 is 2.54 bits per heavy atom. The Morgan fingerprint density at radius 2 is 1.75 bits per heavy atom. The predicted molar refractivity (Wildman–Crippen MR) is 91.1 cm³/mol. The highest BCUT2D eigenvalue weighted by Gasteiger charge is 2.28. The lowest BCUT2D eigenvalue weighted by Crippen LogP contribution is -2.38. The second kappa shape index (κ2) is 6.56. The van der Waals surface area contributed by atoms with Crippen LogP contribution in [0.4, 0.5) is 0 Å². The van der Waals surface area contributed by atoms with Crippen molar-refractivity contribution in [1.82, 2.24) is 4.90 Å². The SMILES string of the molecule is O=C(c1ccccc1)N(Cc1ccc2c(c1)OCO2)C1CCCC1. The van der Waals surface area contributed by atoms with Gasteiger partial charge in [-0.2, -0.15) is 0 Å². The van der Waals surface area contributed by atoms with E-state index in [9.17, 15) is 4.79 Å². The van der Waals surface area contributed by atoms with Crippen LogP contribution in [-0.4, -0.2) is 23.6 Å². The molecule has 1 amide bonds. The summed E-state index contributed by atoms with van der Waals surface area (Å²) < 4.78 is 10.8. The highest BCUT2D eigenvalue weighted by molar-refractivity contribution is 5.94. The molecule has 1 aliphatic carbocycles. The number of rotatable bonds is 4. The van der Waals surface area contributed by atoms with Crippen LogP contribution < -0.4 is 9.47 Å². The van der Waals surface area contributed by atoms with Crippen molar-refractivity contribution >= 4 is 5.91 Å². The van der Waals surface area contributed by atoms with Crippen LogP contribution in [0.2, 0.25) is 0 Å². The zero-order chi connectivity index (χ0) is 16.4. The van der Waals surface area contributed by atoms with Gasteiger partial charge < -0.3 is 14.4 Å². The van der Waals surface area contributed by atoms with Gasteiger partial charge in [0.2, 0.25) is 6.79 Å². The average Bonchev–Trinajstić information content (AvgIpc) is 3.31. The molecule has 1 heterocycles. The Balaban J connectivity index is 1.59. The molecule has 1 saturated carbocycles. The number of fused-ring (bicyclic) bond motifs is 1. The summed E-state index contributed by atoms with van der Waals surface area (Å²) in [5, 5.41) is 0. The molecule has 0 spiro atoms. The van der Waals surface area contributed by atoms with Crippen LogP contribution in [0.5, 0.6) is 11.5 Å². The van der Waals surface area contributed by atoms with Crippen LogP contribution in [-0.2, 0) is 6.54 Å². The molecule has 2 aromatic rings. The molecular formula is C20H21NO3. The maximum absolute atomic E-state index is 13.0. The van der Waals surface area contributed by atoms with Gasteiger partial charge in [-0.15, -0.1) is 0 Å². The van der Waals surface area contributed by atoms with Gasteiger partial charge in [0.1, 0.15) is 0 Å². The topological polar surface area (TPSA) is 38.8 Å². The van der Waals surface area contributed by atoms with Crippen LogP contribution in [0, 0.1) is 0 Å². The van der Waals surface area contributed by atoms with E-state index in [1.807, 2.05) is 53.4 Å². The largest absolute Gasteiger partial charge is 0.454 e. The fourth-order valence-electron chi connectivity index (χ4n) is 3.57. The minimum atomic E-state index is 0.111. The quantitative estimate of drug-likeness (QED) is 0.853. The first-order valence-electron chi connectivity index (χ1n) is 8.56. The molecule has 1 fully saturated rings. The summed E-state index contributed by atoms with van der Waals surface area (Å²) in [6.45, 7) is 0.878. The fourth-order valence-corrected chi connectivity index (χ4v) is 3.57. The Labute approximate surface area is 142 Å². The van der Waals surface area contributed by atoms with Gasteiger partial charge in [0.25, 0.3) is 5.91 Å². The monoisotopic (exact) mass is 323 g/mol. The van der Waals surface area contributed by atoms with Gasteiger partial charge in [-0.1, -0.05) is 37.1 Å². The van der Waals surface area contributed by atoms with Gasteiger partial charge in [-0.3, -0.25) is 4.79 Å². The molecule has 4 heteroatoms. The van der Waals surface area contributed by atoms with Crippen molar-refractivity contribution in [3.8, 4) is 11.5 Å². The van der Waals surface area contributed by atoms with E-state index < -0.39 is 0 Å². The first-order chi connectivity index (χ1) is 11.8. The summed E-state index contributed by atoms with van der Waals surface area (Å²) in [6, 6.07) is 15.8. The summed E-state index contributed by atoms with van der Waals surface area (Å²) in [5.41, 5.74) is 1.83. The minimum Gasteiger partial charge on any atom is -0.454 e. The third kappa shape index (κ3) is 2.96. The molecule has 1 aliphatic heterocycles. The number of carbonyl (C=O) groups is 1. The third-order valence-electron chi connectivity index (χ3n) is 4.84. The number of carbonyl (C=O) groups excluding carboxylic acids is 1. The first-order valence-corrected chi connectivity index (χ1v) is 8.56. The summed E-state index contributed by atoms with van der Waals surface area (Å²) in [4.78, 5) is 15.1. The maximum atomic E-state index is 13.0. The Kier molecular flexibility index (Phi) is 4.11. The second-order valence-corrected chi connectivity index (χ2v) is 6.42. The fraction of sp³-hybridized carbons (Fsp3) is 0.350. The number of hydrogen-bond donors (Lipinski definition) is 0. The number of hydrogen-bond acceptors (Lipinski definition) is 3. The molecule has 0 aromatic heterocycles. The van der Waals surface area contributed by atoms with Crippen LogP contribution in [0.1, 0.15) is 41.6 Å². The summed E-state index contributed by atoms with van der Waals surface area (Å²) in [7, 11) is 0. The Morgan fingerprint density at radius 1 is 1.00 bits per heavy atom. The van der Waals surface area contributed by atoms with E-state index in [0.29, 0.717) is 12.6 Å². The lowest BCUT2D eigenvalue weighted by atomic mass is 10.1. The molecule has 0 saturated heterocycles. The van der Waals surface area contributed by atoms with Gasteiger partial charge in [-0.05, 0) is 42.7 Å². The van der Waals surface area contributed by atoms with Crippen LogP contribution >= 0.6 is 0 Å². The highest BCUT2D eigenvalue weighted by Crippen LogP contribution is 2.34. The number of amides is 1. The van der Waals surface area contributed by atoms with E-state index in [1.54, 1.807) is 0 Å². The van der Waals surface area contributed by atoms with Crippen molar-refractivity contribution in [1.29, 1.82) is 0 Å². The van der Waals surface area contributed by atoms with E-state index in [-0.39, 0.29) is 12.7 Å². The van der Waals surface area contributed by atoms with Gasteiger partial charge in [-0.25, -0.2) is 0 Å². The summed E-state index contributed by atoms with van der Waals surface area (Å²) in [6.07, 6.45) is 4.57. The molecular weight excluding hydrogens is 302 g/mol. The normalized spacial score (nSPS) is 16.3. The highest BCUT2D eigenvalue weighted by atomic mass is 16.7. The molecule has 2 aliphatic rings. The molecule has 0 bridgehead atoms. The predicted octanol–water partition coefficient (Wildman–Crippen LogP) is 4.00. The number of nitrogens with zero attached hydrogens (tertiary/aromatic N) is 1. The summed E-state index contributed by atoms with van der Waals surface area (Å²) in [5.74, 6) is 1.66. The standard InChI is InChI=1S/C20H21NO3/c22-20(16-6-2-1-3-7-16)21(17-8-4-5-9-17)13-15-10-11-18-19(12-15)24-14-23-18/h1-3,6-7,10-12,17H,4-5,8-9,13-14H2. The lowest BCUT2D eigenvalue weighted by Gasteiger charge is -2.29. The van der Waals surface area contributed by atoms with E-state index in [4.69, 9.17) is 9.47 Å². The van der Waals surface area contributed by atoms with Crippen molar-refractivity contribution < 1.29 is 14.3 Å². The molecule has 0 atom stereocenters. The van der Waals surface area contributed by atoms with Crippen molar-refractivity contribution in [3.63, 3.8) is 0 Å². The van der Waals surface area contributed by atoms with E-state index in [1.165, 1.54) is 12.8 Å². The van der Waals surface area contributed by atoms with Crippen molar-refractivity contribution in [2.45, 2.75) is 38.3 Å². The van der Waals surface area contributed by atoms with Crippen molar-refractivity contribution in [3.05, 3.63) is 59.7 Å². The van der Waals surface area contributed by atoms with Gasteiger partial charge in [0, 0.05) is 18.2 Å². The molecule has 124 valence electrons. The van der Waals surface area contributed by atoms with Crippen LogP contribution in [0.3, 0.4) is 0 Å². The third-order valence-corrected chi connectivity index (χ3v) is 4.84. The second-order valence-electron chi connectivity index (χ2n) is 6.42. The molecule has 0 radical (unpaired) electrons. The maximum Gasteiger partial charge on any atom is 0.254 e. The first kappa shape index (κ1) is 15.1. The molecule has 0 N–H and O–H groups in total. The van der Waals surface area contributed by atoms with Gasteiger partial charge in [0.05, 0.1) is 0 Å². The molecule has 24 heavy (non-hydrogen) atoms. The van der Waals surface area contributed by atoms with Crippen LogP contribution in [0.25, 0.3) is 0 Å². The van der Waals surface area contributed by atoms with E-state index >= 15 is 0 Å². The Hall–Kier alpha value is -2.49. The Bertz CT molecular complexity index is 723. The zero-order valence-electron chi connectivity index (χ0n) is 13.6. The number of ether oxygens (including phenoxy) is 2. The molecule has 4 rings (SSSR count). The molecule has 4 nitrogen and oxygen atoms in total. The van der Waals surface area contributed by atoms with Crippen molar-refractivity contribution in [2.75, 3.05) is 6.79 Å². The average molecular weight is 323 g/mol. The van der Waals surface area contributed by atoms with E-state index in [2.05, 4.69) is 0 Å². The molecule has 2 aromatic carbocycles. The van der Waals surface area contributed by atoms with Crippen LogP contribution in [0.15, 0.2) is 48.5 Å². The van der Waals surface area contributed by atoms with Gasteiger partial charge in [0.15, 0.2) is 11.5 Å². The van der Waals surface area contributed by atoms with Gasteiger partial charge >= 0.3 is 0 Å². The zero-order valence-corrected chi connectivity index (χ0v) is 13.6. The lowest BCUT2D eigenvalue weighted by molar-refractivity contribution is 0.0664. The van der Waals surface area contributed by atoms with Crippen molar-refractivity contribution in [2.24, 2.45) is 0 Å². The molecule has 0 unspecified atom stereocenters. The smallest absolute Gasteiger partial charge is 0.254 e. The van der Waals surface area contributed by atoms with E-state index in [0.717, 1.165) is 35.5 Å². The minimum absolute atomic E-state index is 0.111.